The number of carboxylic acids is 1. The number of carboxylic acid groups (broad SMARTS) is 1. The summed E-state index contributed by atoms with van der Waals surface area (Å²) in [7, 11) is 0. The fourth-order valence-corrected chi connectivity index (χ4v) is 13.6. The molecule has 45 heavy (non-hydrogen) atoms. The summed E-state index contributed by atoms with van der Waals surface area (Å²) in [5, 5.41) is 9.20. The van der Waals surface area contributed by atoms with Crippen molar-refractivity contribution in [2.45, 2.75) is 167 Å². The maximum Gasteiger partial charge on any atom is 0.303 e. The van der Waals surface area contributed by atoms with Crippen LogP contribution in [0.4, 0.5) is 0 Å². The lowest BCUT2D eigenvalue weighted by Gasteiger charge is -2.62. The van der Waals surface area contributed by atoms with E-state index in [0.29, 0.717) is 40.9 Å². The molecule has 2 bridgehead atoms. The normalized spacial score (nSPS) is 56.8. The summed E-state index contributed by atoms with van der Waals surface area (Å²) < 4.78 is 20.5. The van der Waals surface area contributed by atoms with Gasteiger partial charge in [-0.3, -0.25) is 4.79 Å². The van der Waals surface area contributed by atoms with Gasteiger partial charge in [0.15, 0.2) is 18.2 Å². The van der Waals surface area contributed by atoms with Gasteiger partial charge in [-0.25, -0.2) is 9.78 Å². The molecule has 7 unspecified atom stereocenters. The Hall–Kier alpha value is -0.730. The maximum absolute atomic E-state index is 11.2. The van der Waals surface area contributed by atoms with Gasteiger partial charge < -0.3 is 19.3 Å². The lowest BCUT2D eigenvalue weighted by Crippen LogP contribution is -2.70. The zero-order valence-corrected chi connectivity index (χ0v) is 28.6. The molecule has 9 rings (SSSR count). The van der Waals surface area contributed by atoms with Gasteiger partial charge in [-0.15, -0.1) is 0 Å². The van der Waals surface area contributed by atoms with Gasteiger partial charge in [-0.2, -0.15) is 0 Å². The van der Waals surface area contributed by atoms with E-state index in [1.807, 2.05) is 6.92 Å². The first-order valence-electron chi connectivity index (χ1n) is 19.0. The van der Waals surface area contributed by atoms with Crippen LogP contribution in [0.1, 0.15) is 137 Å². The molecule has 1 N–H and O–H groups in total. The topological polar surface area (TPSA) is 83.5 Å². The van der Waals surface area contributed by atoms with Gasteiger partial charge >= 0.3 is 5.97 Å². The minimum absolute atomic E-state index is 0.233. The Balaban J connectivity index is 0.938. The van der Waals surface area contributed by atoms with Crippen molar-refractivity contribution in [3.63, 3.8) is 0 Å². The molecule has 7 heteroatoms. The van der Waals surface area contributed by atoms with Crippen LogP contribution in [0, 0.1) is 64.1 Å². The summed E-state index contributed by atoms with van der Waals surface area (Å²) in [5.74, 6) is 4.04. The van der Waals surface area contributed by atoms with Crippen molar-refractivity contribution < 1.29 is 33.9 Å². The van der Waals surface area contributed by atoms with Crippen molar-refractivity contribution in [1.82, 2.24) is 0 Å². The fraction of sp³-hybridized carbons (Fsp3) is 0.974. The van der Waals surface area contributed by atoms with Crippen LogP contribution < -0.4 is 0 Å². The molecule has 5 aliphatic carbocycles. The molecule has 254 valence electrons. The van der Waals surface area contributed by atoms with Crippen molar-refractivity contribution in [1.29, 1.82) is 0 Å². The van der Waals surface area contributed by atoms with Gasteiger partial charge in [-0.1, -0.05) is 27.7 Å². The van der Waals surface area contributed by atoms with Gasteiger partial charge in [0.05, 0.1) is 6.10 Å². The summed E-state index contributed by atoms with van der Waals surface area (Å²) in [6.45, 7) is 11.9. The molecule has 1 spiro atoms. The van der Waals surface area contributed by atoms with Crippen molar-refractivity contribution >= 4 is 5.97 Å². The first kappa shape index (κ1) is 31.5. The SMILES string of the molecule is C[C@@H]1CC[C@H]2[C@@H](C)C(O[C@@H]3CC[C@@]4(C)C(CCC5C4CC[C@@]4(C)C5CC[C@@H]4CCCC(=O)O)C3)OC3O[C@]4(C)CCC1[C@]32OO4. The third-order valence-corrected chi connectivity index (χ3v) is 16.2. The minimum Gasteiger partial charge on any atom is -0.481 e. The molecule has 9 fully saturated rings. The van der Waals surface area contributed by atoms with Crippen molar-refractivity contribution in [3.05, 3.63) is 0 Å². The molecule has 0 amide bonds. The molecule has 0 aromatic heterocycles. The average Bonchev–Trinajstić information content (AvgIpc) is 3.16. The average molecular weight is 629 g/mol. The Labute approximate surface area is 271 Å². The fourth-order valence-electron chi connectivity index (χ4n) is 13.6. The van der Waals surface area contributed by atoms with E-state index in [2.05, 4.69) is 27.7 Å². The third kappa shape index (κ3) is 4.77. The second-order valence-electron chi connectivity index (χ2n) is 18.1. The van der Waals surface area contributed by atoms with E-state index in [0.717, 1.165) is 68.6 Å². The Morgan fingerprint density at radius 2 is 1.58 bits per heavy atom. The third-order valence-electron chi connectivity index (χ3n) is 16.2. The van der Waals surface area contributed by atoms with Crippen molar-refractivity contribution in [3.8, 4) is 0 Å². The van der Waals surface area contributed by atoms with Gasteiger partial charge in [0.2, 0.25) is 5.79 Å². The molecule has 0 radical (unpaired) electrons. The Bertz CT molecular complexity index is 1150. The molecule has 9 aliphatic rings. The van der Waals surface area contributed by atoms with Crippen LogP contribution in [0.2, 0.25) is 0 Å². The number of hydrogen-bond donors (Lipinski definition) is 1. The van der Waals surface area contributed by atoms with Crippen LogP contribution >= 0.6 is 0 Å². The van der Waals surface area contributed by atoms with Gasteiger partial charge in [-0.05, 0) is 149 Å². The predicted molar refractivity (Wildman–Crippen MR) is 168 cm³/mol. The van der Waals surface area contributed by atoms with E-state index < -0.39 is 23.6 Å². The number of fused-ring (bicyclic) bond motifs is 7. The standard InChI is InChI=1S/C38H60O7/c1-22-9-13-29-23(2)33(42-34-38(29)28(22)17-20-37(5,43-34)44-45-38)41-26-15-18-36(4)25(21-26)10-12-27-30-14-11-24(7-6-8-32(39)40)35(30,3)19-16-31(27)36/h22-31,33-34H,6-21H2,1-5H3,(H,39,40)/t22-,23-,24+,25?,26-,27?,28?,29+,30?,31?,33?,34?,35-,36+,37+,38-/m1/s1. The summed E-state index contributed by atoms with van der Waals surface area (Å²) in [5.41, 5.74) is 0.294. The number of carbonyl (C=O) groups is 1. The Morgan fingerprint density at radius 3 is 2.40 bits per heavy atom. The Morgan fingerprint density at radius 1 is 0.822 bits per heavy atom. The summed E-state index contributed by atoms with van der Waals surface area (Å²) >= 11 is 0. The highest BCUT2D eigenvalue weighted by Crippen LogP contribution is 2.68. The van der Waals surface area contributed by atoms with Crippen LogP contribution in [0.15, 0.2) is 0 Å². The Kier molecular flexibility index (Phi) is 7.81. The monoisotopic (exact) mass is 628 g/mol. The van der Waals surface area contributed by atoms with E-state index in [4.69, 9.17) is 24.0 Å². The van der Waals surface area contributed by atoms with E-state index >= 15 is 0 Å². The summed E-state index contributed by atoms with van der Waals surface area (Å²) in [4.78, 5) is 23.6. The first-order valence-corrected chi connectivity index (χ1v) is 19.0. The number of aliphatic carboxylic acids is 1. The van der Waals surface area contributed by atoms with Gasteiger partial charge in [0.25, 0.3) is 0 Å². The van der Waals surface area contributed by atoms with Crippen LogP contribution in [-0.4, -0.2) is 41.1 Å². The number of hydrogen-bond acceptors (Lipinski definition) is 6. The van der Waals surface area contributed by atoms with Crippen molar-refractivity contribution in [2.75, 3.05) is 0 Å². The van der Waals surface area contributed by atoms with E-state index in [9.17, 15) is 9.90 Å². The lowest BCUT2D eigenvalue weighted by molar-refractivity contribution is -0.578. The lowest BCUT2D eigenvalue weighted by atomic mass is 9.44. The molecular weight excluding hydrogens is 568 g/mol. The smallest absolute Gasteiger partial charge is 0.303 e. The number of rotatable bonds is 6. The first-order chi connectivity index (χ1) is 21.5. The van der Waals surface area contributed by atoms with Crippen LogP contribution in [0.25, 0.3) is 0 Å². The molecule has 7 nitrogen and oxygen atoms in total. The molecule has 4 saturated heterocycles. The highest BCUT2D eigenvalue weighted by atomic mass is 17.3. The molecule has 4 heterocycles. The quantitative estimate of drug-likeness (QED) is 0.233. The van der Waals surface area contributed by atoms with Crippen LogP contribution in [0.3, 0.4) is 0 Å². The molecule has 5 saturated carbocycles. The zero-order chi connectivity index (χ0) is 31.4. The molecule has 0 aromatic carbocycles. The molecule has 0 aromatic rings. The number of ether oxygens (including phenoxy) is 3. The minimum atomic E-state index is -0.748. The second-order valence-corrected chi connectivity index (χ2v) is 18.1. The van der Waals surface area contributed by atoms with Gasteiger partial charge in [0.1, 0.15) is 0 Å². The summed E-state index contributed by atoms with van der Waals surface area (Å²) in [6, 6.07) is 0. The highest BCUT2D eigenvalue weighted by molar-refractivity contribution is 5.66. The molecule has 4 aliphatic heterocycles. The van der Waals surface area contributed by atoms with E-state index in [-0.39, 0.29) is 18.3 Å². The molecule has 16 atom stereocenters. The van der Waals surface area contributed by atoms with Gasteiger partial charge in [0, 0.05) is 24.7 Å². The zero-order valence-electron chi connectivity index (χ0n) is 28.6. The van der Waals surface area contributed by atoms with Crippen LogP contribution in [-0.2, 0) is 28.8 Å². The van der Waals surface area contributed by atoms with Crippen LogP contribution in [0.5, 0.6) is 0 Å². The van der Waals surface area contributed by atoms with E-state index in [1.165, 1.54) is 51.4 Å². The summed E-state index contributed by atoms with van der Waals surface area (Å²) in [6.07, 6.45) is 17.6. The van der Waals surface area contributed by atoms with Crippen molar-refractivity contribution in [2.24, 2.45) is 64.1 Å². The maximum atomic E-state index is 11.2. The van der Waals surface area contributed by atoms with E-state index in [1.54, 1.807) is 0 Å². The largest absolute Gasteiger partial charge is 0.481 e. The predicted octanol–water partition coefficient (Wildman–Crippen LogP) is 8.49. The second kappa shape index (κ2) is 11.1. The highest BCUT2D eigenvalue weighted by Gasteiger charge is 2.70. The molecular formula is C38H60O7.